The zero-order valence-electron chi connectivity index (χ0n) is 15.9. The molecule has 9 heteroatoms. The van der Waals surface area contributed by atoms with Gasteiger partial charge in [0.25, 0.3) is 0 Å². The Labute approximate surface area is 173 Å². The number of hydrogen-bond acceptors (Lipinski definition) is 7. The van der Waals surface area contributed by atoms with Crippen molar-refractivity contribution < 1.29 is 4.63 Å². The van der Waals surface area contributed by atoms with Crippen molar-refractivity contribution in [1.82, 2.24) is 40.2 Å². The van der Waals surface area contributed by atoms with E-state index in [0.29, 0.717) is 45.1 Å². The van der Waals surface area contributed by atoms with Crippen LogP contribution in [0.25, 0.3) is 67.2 Å². The lowest BCUT2D eigenvalue weighted by Crippen LogP contribution is -1.98. The van der Waals surface area contributed by atoms with Crippen LogP contribution in [0.4, 0.5) is 0 Å². The van der Waals surface area contributed by atoms with E-state index in [2.05, 4.69) is 20.3 Å². The maximum Gasteiger partial charge on any atom is 0.163 e. The molecule has 3 aromatic carbocycles. The molecule has 0 unspecified atom stereocenters. The summed E-state index contributed by atoms with van der Waals surface area (Å²) in [7, 11) is 0. The standard InChI is InChI=1S/C22H12N8O/c1-2-6-12-11(5-1)24-21(25-12)19-20(22-26-13-7-3-4-8-14(13)27-22)28-17-15(23-19)9-10-16-18(17)30-31-29-16/h1-10H,(H,24,25)(H,26,27). The van der Waals surface area contributed by atoms with E-state index in [4.69, 9.17) is 24.6 Å². The van der Waals surface area contributed by atoms with E-state index < -0.39 is 0 Å². The van der Waals surface area contributed by atoms with E-state index in [1.807, 2.05) is 60.7 Å². The first-order valence-electron chi connectivity index (χ1n) is 9.67. The van der Waals surface area contributed by atoms with Gasteiger partial charge in [0.15, 0.2) is 17.2 Å². The van der Waals surface area contributed by atoms with Crippen LogP contribution in [0, 0.1) is 0 Å². The number of rotatable bonds is 2. The average molecular weight is 404 g/mol. The van der Waals surface area contributed by atoms with Gasteiger partial charge in [-0.3, -0.25) is 0 Å². The third kappa shape index (κ3) is 2.37. The molecule has 7 aromatic rings. The fourth-order valence-corrected chi connectivity index (χ4v) is 3.83. The zero-order valence-corrected chi connectivity index (χ0v) is 15.9. The van der Waals surface area contributed by atoms with Crippen LogP contribution in [0.2, 0.25) is 0 Å². The Morgan fingerprint density at radius 3 is 1.81 bits per heavy atom. The van der Waals surface area contributed by atoms with Gasteiger partial charge in [-0.1, -0.05) is 24.3 Å². The number of fused-ring (bicyclic) bond motifs is 5. The molecule has 31 heavy (non-hydrogen) atoms. The third-order valence-corrected chi connectivity index (χ3v) is 5.29. The largest absolute Gasteiger partial charge is 0.337 e. The quantitative estimate of drug-likeness (QED) is 0.441. The van der Waals surface area contributed by atoms with Crippen LogP contribution in [0.1, 0.15) is 0 Å². The second-order valence-corrected chi connectivity index (χ2v) is 7.19. The van der Waals surface area contributed by atoms with Crippen molar-refractivity contribution in [2.24, 2.45) is 0 Å². The van der Waals surface area contributed by atoms with Crippen molar-refractivity contribution >= 4 is 44.1 Å². The van der Waals surface area contributed by atoms with Crippen LogP contribution in [0.5, 0.6) is 0 Å². The summed E-state index contributed by atoms with van der Waals surface area (Å²) >= 11 is 0. The summed E-state index contributed by atoms with van der Waals surface area (Å²) in [5.74, 6) is 1.21. The van der Waals surface area contributed by atoms with Gasteiger partial charge in [-0.05, 0) is 46.7 Å². The second kappa shape index (κ2) is 5.92. The SMILES string of the molecule is c1ccc2[nH]c(-c3nc4ccc5nonc5c4nc3-c3nc4ccccc4[nH]3)nc2c1. The van der Waals surface area contributed by atoms with E-state index in [1.165, 1.54) is 0 Å². The lowest BCUT2D eigenvalue weighted by atomic mass is 10.2. The highest BCUT2D eigenvalue weighted by molar-refractivity contribution is 6.01. The number of imidazole rings is 2. The lowest BCUT2D eigenvalue weighted by Gasteiger charge is -2.06. The average Bonchev–Trinajstić information content (AvgIpc) is 3.55. The minimum absolute atomic E-state index is 0.554. The van der Waals surface area contributed by atoms with Crippen LogP contribution < -0.4 is 0 Å². The fraction of sp³-hybridized carbons (Fsp3) is 0. The predicted molar refractivity (Wildman–Crippen MR) is 115 cm³/mol. The van der Waals surface area contributed by atoms with Gasteiger partial charge in [0, 0.05) is 0 Å². The van der Waals surface area contributed by atoms with Crippen LogP contribution in [-0.2, 0) is 0 Å². The predicted octanol–water partition coefficient (Wildman–Crippen LogP) is 4.25. The highest BCUT2D eigenvalue weighted by atomic mass is 16.6. The number of hydrogen-bond donors (Lipinski definition) is 2. The molecule has 4 aromatic heterocycles. The minimum atomic E-state index is 0.554. The Bertz CT molecular complexity index is 1690. The first-order chi connectivity index (χ1) is 15.3. The maximum absolute atomic E-state index is 4.91. The molecule has 0 aliphatic rings. The Morgan fingerprint density at radius 1 is 0.516 bits per heavy atom. The Hall–Kier alpha value is -4.66. The van der Waals surface area contributed by atoms with Crippen LogP contribution in [0.3, 0.4) is 0 Å². The number of nitrogens with zero attached hydrogens (tertiary/aromatic N) is 6. The molecule has 9 nitrogen and oxygen atoms in total. The molecule has 7 rings (SSSR count). The van der Waals surface area contributed by atoms with Crippen molar-refractivity contribution in [2.45, 2.75) is 0 Å². The van der Waals surface area contributed by atoms with E-state index in [1.54, 1.807) is 0 Å². The molecule has 0 aliphatic carbocycles. The summed E-state index contributed by atoms with van der Waals surface area (Å²) in [4.78, 5) is 26.0. The van der Waals surface area contributed by atoms with Gasteiger partial charge in [0.1, 0.15) is 22.4 Å². The normalized spacial score (nSPS) is 11.9. The molecular formula is C22H12N8O. The fourth-order valence-electron chi connectivity index (χ4n) is 3.83. The first-order valence-corrected chi connectivity index (χ1v) is 9.67. The molecular weight excluding hydrogens is 392 g/mol. The molecule has 2 N–H and O–H groups in total. The summed E-state index contributed by atoms with van der Waals surface area (Å²) in [6.45, 7) is 0. The molecule has 0 atom stereocenters. The Kier molecular flexibility index (Phi) is 3.09. The van der Waals surface area contributed by atoms with Gasteiger partial charge in [0.05, 0.1) is 27.6 Å². The molecule has 146 valence electrons. The third-order valence-electron chi connectivity index (χ3n) is 5.29. The smallest absolute Gasteiger partial charge is 0.163 e. The van der Waals surface area contributed by atoms with E-state index in [-0.39, 0.29) is 0 Å². The topological polar surface area (TPSA) is 122 Å². The molecule has 0 fully saturated rings. The number of para-hydroxylation sites is 4. The van der Waals surface area contributed by atoms with E-state index >= 15 is 0 Å². The van der Waals surface area contributed by atoms with Gasteiger partial charge in [0.2, 0.25) is 0 Å². The van der Waals surface area contributed by atoms with Crippen molar-refractivity contribution in [3.63, 3.8) is 0 Å². The molecule has 0 bridgehead atoms. The number of nitrogens with one attached hydrogen (secondary N) is 2. The molecule has 4 heterocycles. The van der Waals surface area contributed by atoms with Crippen LogP contribution in [0.15, 0.2) is 65.3 Å². The monoisotopic (exact) mass is 404 g/mol. The highest BCUT2D eigenvalue weighted by Gasteiger charge is 2.21. The van der Waals surface area contributed by atoms with Gasteiger partial charge in [-0.25, -0.2) is 24.6 Å². The van der Waals surface area contributed by atoms with Crippen LogP contribution >= 0.6 is 0 Å². The molecule has 0 amide bonds. The van der Waals surface area contributed by atoms with Gasteiger partial charge in [-0.2, -0.15) is 0 Å². The lowest BCUT2D eigenvalue weighted by molar-refractivity contribution is 0.315. The van der Waals surface area contributed by atoms with Gasteiger partial charge >= 0.3 is 0 Å². The number of aromatic amines is 2. The van der Waals surface area contributed by atoms with Crippen molar-refractivity contribution in [1.29, 1.82) is 0 Å². The van der Waals surface area contributed by atoms with E-state index in [0.717, 1.165) is 22.1 Å². The Balaban J connectivity index is 1.58. The van der Waals surface area contributed by atoms with Gasteiger partial charge in [-0.15, -0.1) is 0 Å². The molecule has 0 radical (unpaired) electrons. The molecule has 0 aliphatic heterocycles. The van der Waals surface area contributed by atoms with Gasteiger partial charge < -0.3 is 9.97 Å². The van der Waals surface area contributed by atoms with Crippen LogP contribution in [-0.4, -0.2) is 40.2 Å². The minimum Gasteiger partial charge on any atom is -0.337 e. The summed E-state index contributed by atoms with van der Waals surface area (Å²) in [6, 6.07) is 19.3. The Morgan fingerprint density at radius 2 is 1.13 bits per heavy atom. The van der Waals surface area contributed by atoms with Crippen molar-refractivity contribution in [3.8, 4) is 23.0 Å². The zero-order chi connectivity index (χ0) is 20.4. The second-order valence-electron chi connectivity index (χ2n) is 7.19. The molecule has 0 spiro atoms. The summed E-state index contributed by atoms with van der Waals surface area (Å²) in [6.07, 6.45) is 0. The summed E-state index contributed by atoms with van der Waals surface area (Å²) in [5.41, 5.74) is 7.13. The number of aromatic nitrogens is 8. The molecule has 0 saturated heterocycles. The van der Waals surface area contributed by atoms with Crippen molar-refractivity contribution in [2.75, 3.05) is 0 Å². The van der Waals surface area contributed by atoms with E-state index in [9.17, 15) is 0 Å². The summed E-state index contributed by atoms with van der Waals surface area (Å²) in [5, 5.41) is 7.94. The maximum atomic E-state index is 4.91. The number of H-pyrrole nitrogens is 2. The number of benzene rings is 3. The first kappa shape index (κ1) is 16.2. The summed E-state index contributed by atoms with van der Waals surface area (Å²) < 4.78 is 4.91. The highest BCUT2D eigenvalue weighted by Crippen LogP contribution is 2.32. The molecule has 0 saturated carbocycles. The van der Waals surface area contributed by atoms with Crippen molar-refractivity contribution in [3.05, 3.63) is 60.7 Å².